The Morgan fingerprint density at radius 2 is 1.28 bits per heavy atom. The summed E-state index contributed by atoms with van der Waals surface area (Å²) >= 11 is 0. The molecule has 0 aliphatic heterocycles. The smallest absolute Gasteiger partial charge is 0.139 e. The molecule has 3 heterocycles. The lowest BCUT2D eigenvalue weighted by molar-refractivity contribution is 0.994. The molecule has 0 unspecified atom stereocenters. The third-order valence-corrected chi connectivity index (χ3v) is 4.82. The van der Waals surface area contributed by atoms with Gasteiger partial charge in [-0.1, -0.05) is 60.7 Å². The van der Waals surface area contributed by atoms with E-state index < -0.39 is 0 Å². The van der Waals surface area contributed by atoms with Crippen LogP contribution in [0.15, 0.2) is 110 Å². The van der Waals surface area contributed by atoms with Gasteiger partial charge in [0.2, 0.25) is 0 Å². The van der Waals surface area contributed by atoms with Gasteiger partial charge in [0, 0.05) is 18.6 Å². The van der Waals surface area contributed by atoms with Crippen molar-refractivity contribution in [3.05, 3.63) is 110 Å². The number of nitrogens with zero attached hydrogens (tertiary/aromatic N) is 4. The van der Waals surface area contributed by atoms with Gasteiger partial charge in [-0.25, -0.2) is 9.97 Å². The average molecular weight is 374 g/mol. The van der Waals surface area contributed by atoms with Crippen molar-refractivity contribution in [2.75, 3.05) is 0 Å². The van der Waals surface area contributed by atoms with Gasteiger partial charge in [0.1, 0.15) is 12.1 Å². The molecule has 0 atom stereocenters. The van der Waals surface area contributed by atoms with Gasteiger partial charge in [-0.3, -0.25) is 9.55 Å². The van der Waals surface area contributed by atoms with Crippen LogP contribution in [0.25, 0.3) is 39.5 Å². The number of hydrogen-bond donors (Lipinski definition) is 0. The van der Waals surface area contributed by atoms with Gasteiger partial charge in [-0.05, 0) is 46.5 Å². The summed E-state index contributed by atoms with van der Waals surface area (Å²) in [6.45, 7) is 0. The van der Waals surface area contributed by atoms with Gasteiger partial charge >= 0.3 is 0 Å². The Labute approximate surface area is 169 Å². The van der Waals surface area contributed by atoms with Crippen LogP contribution >= 0.6 is 0 Å². The molecule has 138 valence electrons. The van der Waals surface area contributed by atoms with Crippen LogP contribution in [0.2, 0.25) is 0 Å². The lowest BCUT2D eigenvalue weighted by Gasteiger charge is -2.11. The SMILES string of the molecule is c1ccc(-c2ccnc(-c3cc(-c4ccccc4)cc(-n4ccnc4)n3)c2)cc1. The van der Waals surface area contributed by atoms with E-state index in [-0.39, 0.29) is 0 Å². The molecule has 4 nitrogen and oxygen atoms in total. The maximum Gasteiger partial charge on any atom is 0.139 e. The van der Waals surface area contributed by atoms with Crippen molar-refractivity contribution in [1.82, 2.24) is 19.5 Å². The first-order chi connectivity index (χ1) is 14.4. The van der Waals surface area contributed by atoms with E-state index in [0.717, 1.165) is 39.5 Å². The standard InChI is InChI=1S/C25H18N4/c1-3-7-19(8-4-1)21-11-12-27-23(15-21)24-16-22(20-9-5-2-6-10-20)17-25(28-24)29-14-13-26-18-29/h1-18H. The highest BCUT2D eigenvalue weighted by atomic mass is 15.1. The highest BCUT2D eigenvalue weighted by molar-refractivity contribution is 5.74. The molecule has 5 aromatic rings. The number of imidazole rings is 1. The normalized spacial score (nSPS) is 10.8. The number of pyridine rings is 2. The maximum atomic E-state index is 4.87. The largest absolute Gasteiger partial charge is 0.290 e. The highest BCUT2D eigenvalue weighted by Gasteiger charge is 2.10. The third kappa shape index (κ3) is 3.56. The van der Waals surface area contributed by atoms with Crippen molar-refractivity contribution in [3.8, 4) is 39.5 Å². The number of hydrogen-bond acceptors (Lipinski definition) is 3. The molecule has 0 fully saturated rings. The number of aromatic nitrogens is 4. The second-order valence-electron chi connectivity index (χ2n) is 6.73. The van der Waals surface area contributed by atoms with Crippen molar-refractivity contribution >= 4 is 0 Å². The molecule has 0 saturated heterocycles. The van der Waals surface area contributed by atoms with E-state index in [0.29, 0.717) is 0 Å². The summed E-state index contributed by atoms with van der Waals surface area (Å²) in [5.41, 5.74) is 6.16. The predicted octanol–water partition coefficient (Wildman–Crippen LogP) is 5.66. The Bertz CT molecular complexity index is 1230. The molecule has 5 rings (SSSR count). The molecule has 0 saturated carbocycles. The fourth-order valence-electron chi connectivity index (χ4n) is 3.35. The Balaban J connectivity index is 1.66. The van der Waals surface area contributed by atoms with Crippen LogP contribution in [-0.4, -0.2) is 19.5 Å². The van der Waals surface area contributed by atoms with E-state index in [1.807, 2.05) is 59.4 Å². The van der Waals surface area contributed by atoms with Crippen LogP contribution in [0.1, 0.15) is 0 Å². The molecule has 29 heavy (non-hydrogen) atoms. The summed E-state index contributed by atoms with van der Waals surface area (Å²) in [5.74, 6) is 0.811. The quantitative estimate of drug-likeness (QED) is 0.407. The zero-order valence-corrected chi connectivity index (χ0v) is 15.7. The molecule has 0 radical (unpaired) electrons. The van der Waals surface area contributed by atoms with Crippen LogP contribution in [0.4, 0.5) is 0 Å². The van der Waals surface area contributed by atoms with Crippen LogP contribution in [0, 0.1) is 0 Å². The lowest BCUT2D eigenvalue weighted by Crippen LogP contribution is -1.98. The van der Waals surface area contributed by atoms with Gasteiger partial charge in [0.05, 0.1) is 11.4 Å². The topological polar surface area (TPSA) is 43.6 Å². The molecule has 0 aliphatic rings. The van der Waals surface area contributed by atoms with Gasteiger partial charge in [0.25, 0.3) is 0 Å². The van der Waals surface area contributed by atoms with E-state index in [1.54, 1.807) is 12.5 Å². The number of rotatable bonds is 4. The molecule has 0 N–H and O–H groups in total. The predicted molar refractivity (Wildman–Crippen MR) is 115 cm³/mol. The van der Waals surface area contributed by atoms with E-state index >= 15 is 0 Å². The molecule has 0 aliphatic carbocycles. The molecule has 3 aromatic heterocycles. The molecule has 0 amide bonds. The first kappa shape index (κ1) is 17.1. The third-order valence-electron chi connectivity index (χ3n) is 4.82. The Kier molecular flexibility index (Phi) is 4.43. The van der Waals surface area contributed by atoms with Gasteiger partial charge < -0.3 is 0 Å². The van der Waals surface area contributed by atoms with Crippen LogP contribution < -0.4 is 0 Å². The lowest BCUT2D eigenvalue weighted by atomic mass is 10.0. The number of benzene rings is 2. The first-order valence-corrected chi connectivity index (χ1v) is 9.44. The van der Waals surface area contributed by atoms with Crippen molar-refractivity contribution in [2.45, 2.75) is 0 Å². The minimum atomic E-state index is 0.811. The van der Waals surface area contributed by atoms with Crippen molar-refractivity contribution in [1.29, 1.82) is 0 Å². The first-order valence-electron chi connectivity index (χ1n) is 9.44. The molecular weight excluding hydrogens is 356 g/mol. The summed E-state index contributed by atoms with van der Waals surface area (Å²) in [5, 5.41) is 0. The summed E-state index contributed by atoms with van der Waals surface area (Å²) in [7, 11) is 0. The fourth-order valence-corrected chi connectivity index (χ4v) is 3.35. The molecule has 4 heteroatoms. The van der Waals surface area contributed by atoms with Crippen LogP contribution in [-0.2, 0) is 0 Å². The van der Waals surface area contributed by atoms with E-state index in [9.17, 15) is 0 Å². The Hall–Kier alpha value is -4.05. The Morgan fingerprint density at radius 1 is 0.586 bits per heavy atom. The summed E-state index contributed by atoms with van der Waals surface area (Å²) in [6.07, 6.45) is 7.25. The van der Waals surface area contributed by atoms with Crippen LogP contribution in [0.5, 0.6) is 0 Å². The van der Waals surface area contributed by atoms with E-state index in [4.69, 9.17) is 4.98 Å². The van der Waals surface area contributed by atoms with Gasteiger partial charge in [-0.15, -0.1) is 0 Å². The van der Waals surface area contributed by atoms with E-state index in [1.165, 1.54) is 0 Å². The van der Waals surface area contributed by atoms with E-state index in [2.05, 4.69) is 52.4 Å². The van der Waals surface area contributed by atoms with Crippen LogP contribution in [0.3, 0.4) is 0 Å². The molecular formula is C25H18N4. The molecule has 0 bridgehead atoms. The Morgan fingerprint density at radius 3 is 1.97 bits per heavy atom. The highest BCUT2D eigenvalue weighted by Crippen LogP contribution is 2.28. The fraction of sp³-hybridized carbons (Fsp3) is 0. The second-order valence-corrected chi connectivity index (χ2v) is 6.73. The maximum absolute atomic E-state index is 4.87. The van der Waals surface area contributed by atoms with Crippen molar-refractivity contribution in [2.24, 2.45) is 0 Å². The minimum absolute atomic E-state index is 0.811. The monoisotopic (exact) mass is 374 g/mol. The average Bonchev–Trinajstić information content (AvgIpc) is 3.35. The summed E-state index contributed by atoms with van der Waals surface area (Å²) < 4.78 is 1.91. The molecule has 0 spiro atoms. The minimum Gasteiger partial charge on any atom is -0.290 e. The zero-order valence-electron chi connectivity index (χ0n) is 15.7. The van der Waals surface area contributed by atoms with Crippen molar-refractivity contribution in [3.63, 3.8) is 0 Å². The molecule has 2 aromatic carbocycles. The van der Waals surface area contributed by atoms with Gasteiger partial charge in [0.15, 0.2) is 0 Å². The zero-order chi connectivity index (χ0) is 19.5. The van der Waals surface area contributed by atoms with Crippen molar-refractivity contribution < 1.29 is 0 Å². The summed E-state index contributed by atoms with van der Waals surface area (Å²) in [4.78, 5) is 13.6. The summed E-state index contributed by atoms with van der Waals surface area (Å²) in [6, 6.07) is 28.9. The van der Waals surface area contributed by atoms with Gasteiger partial charge in [-0.2, -0.15) is 0 Å². The second kappa shape index (κ2) is 7.52.